The Balaban J connectivity index is -0.00000227. The highest BCUT2D eigenvalue weighted by Gasteiger charge is 2.58. The summed E-state index contributed by atoms with van der Waals surface area (Å²) >= 11 is 0. The predicted octanol–water partition coefficient (Wildman–Crippen LogP) is 17.1. The van der Waals surface area contributed by atoms with E-state index in [2.05, 4.69) is 100 Å². The third-order valence-electron chi connectivity index (χ3n) is 15.8. The third-order valence-corrected chi connectivity index (χ3v) is 15.8. The number of carboxylic acid groups (broad SMARTS) is 8. The van der Waals surface area contributed by atoms with Gasteiger partial charge in [0.05, 0.1) is 0 Å². The van der Waals surface area contributed by atoms with Gasteiger partial charge in [-0.15, -0.1) is 0 Å². The van der Waals surface area contributed by atoms with Gasteiger partial charge in [-0.1, -0.05) is 168 Å². The van der Waals surface area contributed by atoms with Crippen LogP contribution >= 0.6 is 0 Å². The van der Waals surface area contributed by atoms with Crippen molar-refractivity contribution in [2.75, 3.05) is 14.1 Å². The van der Waals surface area contributed by atoms with Crippen LogP contribution in [0, 0.1) is 23.2 Å². The molecular formula is C54H108N2O12. The lowest BCUT2D eigenvalue weighted by molar-refractivity contribution is -0.149. The zero-order valence-corrected chi connectivity index (χ0v) is 45.8. The fourth-order valence-electron chi connectivity index (χ4n) is 12.1. The highest BCUT2D eigenvalue weighted by Crippen LogP contribution is 2.62. The molecule has 0 aromatic rings. The van der Waals surface area contributed by atoms with Crippen molar-refractivity contribution < 1.29 is 60.0 Å². The van der Waals surface area contributed by atoms with Gasteiger partial charge in [0, 0.05) is 22.2 Å². The largest absolute Gasteiger partial charge is 0.503 e. The smallest absolute Gasteiger partial charge is 0.450 e. The van der Waals surface area contributed by atoms with E-state index in [0.717, 1.165) is 17.8 Å². The molecule has 2 saturated heterocycles. The molecule has 2 aliphatic rings. The minimum Gasteiger partial charge on any atom is -0.450 e. The second-order valence-electron chi connectivity index (χ2n) is 22.5. The van der Waals surface area contributed by atoms with Crippen LogP contribution in [0.4, 0.5) is 19.2 Å². The van der Waals surface area contributed by atoms with Crippen LogP contribution in [-0.4, -0.2) is 112 Å². The van der Waals surface area contributed by atoms with Crippen molar-refractivity contribution in [1.82, 2.24) is 9.80 Å². The van der Waals surface area contributed by atoms with Gasteiger partial charge in [-0.25, -0.2) is 19.2 Å². The SMILES string of the molecule is CCCCCCCCCCCCCC(CC)C(CCCCCCCCCCCCC)(C1CC(C)(C)N(C)C(C)(C)C1)C1CC(C)(C)N(C)C(C)(C)C1.O=C(O)O.O=C(O)O.O=C(O)O.O=C(O)O. The summed E-state index contributed by atoms with van der Waals surface area (Å²) in [6, 6.07) is 0. The maximum atomic E-state index is 8.56. The summed E-state index contributed by atoms with van der Waals surface area (Å²) in [5, 5.41) is 55.8. The van der Waals surface area contributed by atoms with E-state index in [1.807, 2.05) is 0 Å². The number of hydrogen-bond acceptors (Lipinski definition) is 6. The molecule has 2 rings (SSSR count). The number of carbonyl (C=O) groups is 4. The number of hydrogen-bond donors (Lipinski definition) is 8. The molecule has 14 nitrogen and oxygen atoms in total. The van der Waals surface area contributed by atoms with Crippen molar-refractivity contribution in [3.05, 3.63) is 0 Å². The van der Waals surface area contributed by atoms with Crippen LogP contribution in [0.2, 0.25) is 0 Å². The van der Waals surface area contributed by atoms with E-state index in [9.17, 15) is 0 Å². The van der Waals surface area contributed by atoms with Crippen LogP contribution in [0.25, 0.3) is 0 Å². The van der Waals surface area contributed by atoms with Crippen LogP contribution in [-0.2, 0) is 0 Å². The summed E-state index contributed by atoms with van der Waals surface area (Å²) in [4.78, 5) is 39.7. The number of unbranched alkanes of at least 4 members (excludes halogenated alkanes) is 20. The Hall–Kier alpha value is -3.00. The normalized spacial score (nSPS) is 18.1. The quantitative estimate of drug-likeness (QED) is 0.0341. The molecule has 0 amide bonds. The molecule has 0 aromatic carbocycles. The highest BCUT2D eigenvalue weighted by atomic mass is 16.6. The van der Waals surface area contributed by atoms with Crippen LogP contribution in [0.3, 0.4) is 0 Å². The van der Waals surface area contributed by atoms with Gasteiger partial charge in [-0.2, -0.15) is 0 Å². The van der Waals surface area contributed by atoms with Crippen molar-refractivity contribution in [1.29, 1.82) is 0 Å². The number of nitrogens with zero attached hydrogens (tertiary/aromatic N) is 2. The Bertz CT molecular complexity index is 1180. The topological polar surface area (TPSA) is 237 Å². The Morgan fingerprint density at radius 1 is 0.412 bits per heavy atom. The second kappa shape index (κ2) is 36.9. The maximum Gasteiger partial charge on any atom is 0.503 e. The summed E-state index contributed by atoms with van der Waals surface area (Å²) in [5.74, 6) is 2.44. The molecule has 0 aliphatic carbocycles. The monoisotopic (exact) mass is 977 g/mol. The highest BCUT2D eigenvalue weighted by molar-refractivity contribution is 5.54. The van der Waals surface area contributed by atoms with E-state index in [0.29, 0.717) is 5.41 Å². The Morgan fingerprint density at radius 2 is 0.618 bits per heavy atom. The Labute approximate surface area is 415 Å². The van der Waals surface area contributed by atoms with E-state index >= 15 is 0 Å². The molecule has 2 aliphatic heterocycles. The summed E-state index contributed by atoms with van der Waals surface area (Å²) in [7, 11) is 4.87. The molecule has 2 heterocycles. The van der Waals surface area contributed by atoms with Crippen LogP contribution in [0.15, 0.2) is 0 Å². The molecule has 0 radical (unpaired) electrons. The minimum absolute atomic E-state index is 0.236. The Kier molecular flexibility index (Phi) is 37.6. The van der Waals surface area contributed by atoms with E-state index in [1.54, 1.807) is 0 Å². The van der Waals surface area contributed by atoms with Crippen molar-refractivity contribution in [2.45, 2.75) is 285 Å². The van der Waals surface area contributed by atoms with Crippen molar-refractivity contribution in [2.24, 2.45) is 23.2 Å². The van der Waals surface area contributed by atoms with Crippen molar-refractivity contribution in [3.63, 3.8) is 0 Å². The first-order chi connectivity index (χ1) is 31.4. The number of piperidine rings is 2. The fraction of sp³-hybridized carbons (Fsp3) is 0.926. The standard InChI is InChI=1S/C50H100N2.4CH2O3/c1-14-17-19-21-23-25-27-29-31-33-35-37-43(16-3)50(44-39-46(4,5)51(12)47(6,7)40-44,45-41-48(8,9)52(13)49(10,11)42-45)38-36-34-32-30-28-26-24-22-20-18-15-2;4*2-1(3)4/h43-45H,14-42H2,1-13H3;4*(H2,2,3,4). The minimum atomic E-state index is -1.83. The molecule has 1 unspecified atom stereocenters. The lowest BCUT2D eigenvalue weighted by Gasteiger charge is -2.65. The second-order valence-corrected chi connectivity index (χ2v) is 22.5. The molecule has 0 saturated carbocycles. The average molecular weight is 977 g/mol. The fourth-order valence-corrected chi connectivity index (χ4v) is 12.1. The van der Waals surface area contributed by atoms with Gasteiger partial charge in [-0.3, -0.25) is 9.80 Å². The summed E-state index contributed by atoms with van der Waals surface area (Å²) in [6.07, 6.45) is 34.3. The first-order valence-electron chi connectivity index (χ1n) is 26.6. The van der Waals surface area contributed by atoms with Crippen LogP contribution in [0.1, 0.15) is 262 Å². The molecular weight excluding hydrogens is 869 g/mol. The van der Waals surface area contributed by atoms with Crippen LogP contribution in [0.5, 0.6) is 0 Å². The summed E-state index contributed by atoms with van der Waals surface area (Å²) in [5.41, 5.74) is 1.37. The molecule has 14 heteroatoms. The third kappa shape index (κ3) is 31.3. The lowest BCUT2D eigenvalue weighted by Crippen LogP contribution is -2.65. The molecule has 0 spiro atoms. The summed E-state index contributed by atoms with van der Waals surface area (Å²) < 4.78 is 0. The van der Waals surface area contributed by atoms with Gasteiger partial charge >= 0.3 is 24.6 Å². The predicted molar refractivity (Wildman–Crippen MR) is 278 cm³/mol. The van der Waals surface area contributed by atoms with Gasteiger partial charge in [0.15, 0.2) is 0 Å². The van der Waals surface area contributed by atoms with E-state index in [4.69, 9.17) is 60.0 Å². The summed E-state index contributed by atoms with van der Waals surface area (Å²) in [6.45, 7) is 27.9. The molecule has 8 N–H and O–H groups in total. The molecule has 68 heavy (non-hydrogen) atoms. The zero-order valence-electron chi connectivity index (χ0n) is 45.8. The lowest BCUT2D eigenvalue weighted by atomic mass is 9.47. The molecule has 406 valence electrons. The molecule has 0 bridgehead atoms. The Morgan fingerprint density at radius 3 is 0.838 bits per heavy atom. The van der Waals surface area contributed by atoms with Crippen molar-refractivity contribution in [3.8, 4) is 0 Å². The van der Waals surface area contributed by atoms with Gasteiger partial charge in [-0.05, 0) is 131 Å². The van der Waals surface area contributed by atoms with Crippen molar-refractivity contribution >= 4 is 24.6 Å². The molecule has 2 fully saturated rings. The number of likely N-dealkylation sites (tertiary alicyclic amines) is 2. The van der Waals surface area contributed by atoms with Gasteiger partial charge in [0.2, 0.25) is 0 Å². The van der Waals surface area contributed by atoms with E-state index in [-0.39, 0.29) is 22.2 Å². The zero-order chi connectivity index (χ0) is 53.2. The maximum absolute atomic E-state index is 8.56. The first-order valence-corrected chi connectivity index (χ1v) is 26.6. The van der Waals surface area contributed by atoms with E-state index in [1.165, 1.54) is 186 Å². The number of rotatable bonds is 28. The van der Waals surface area contributed by atoms with E-state index < -0.39 is 24.6 Å². The first kappa shape index (κ1) is 69.3. The van der Waals surface area contributed by atoms with Gasteiger partial charge in [0.1, 0.15) is 0 Å². The average Bonchev–Trinajstić information content (AvgIpc) is 3.19. The van der Waals surface area contributed by atoms with Gasteiger partial charge < -0.3 is 40.9 Å². The molecule has 1 atom stereocenters. The van der Waals surface area contributed by atoms with Crippen LogP contribution < -0.4 is 0 Å². The van der Waals surface area contributed by atoms with Gasteiger partial charge in [0.25, 0.3) is 0 Å². The molecule has 0 aromatic heterocycles.